The number of para-hydroxylation sites is 1. The molecule has 2 rings (SSSR count). The van der Waals surface area contributed by atoms with Gasteiger partial charge in [-0.1, -0.05) is 29.8 Å². The number of methoxy groups -OCH3 is 1. The normalized spacial score (nSPS) is 10.5. The zero-order chi connectivity index (χ0) is 17.5. The molecule has 0 unspecified atom stereocenters. The fraction of sp³-hybridized carbons (Fsp3) is 0.0588. The number of anilines is 1. The van der Waals surface area contributed by atoms with E-state index in [4.69, 9.17) is 28.6 Å². The van der Waals surface area contributed by atoms with E-state index in [1.54, 1.807) is 19.3 Å². The second-order valence-corrected chi connectivity index (χ2v) is 5.46. The summed E-state index contributed by atoms with van der Waals surface area (Å²) in [4.78, 5) is 11.9. The summed E-state index contributed by atoms with van der Waals surface area (Å²) in [5.74, 6) is -0.285. The molecule has 0 atom stereocenters. The average Bonchev–Trinajstić information content (AvgIpc) is 2.56. The van der Waals surface area contributed by atoms with Gasteiger partial charge >= 0.3 is 0 Å². The molecule has 0 saturated heterocycles. The van der Waals surface area contributed by atoms with Crippen LogP contribution >= 0.6 is 23.8 Å². The van der Waals surface area contributed by atoms with Gasteiger partial charge in [0.05, 0.1) is 12.1 Å². The number of benzene rings is 2. The van der Waals surface area contributed by atoms with Crippen LogP contribution in [0.3, 0.4) is 0 Å². The number of carbonyl (C=O) groups is 1. The lowest BCUT2D eigenvalue weighted by atomic mass is 10.2. The molecule has 1 amide bonds. The Morgan fingerprint density at radius 3 is 2.75 bits per heavy atom. The van der Waals surface area contributed by atoms with Crippen LogP contribution in [0, 0.1) is 5.82 Å². The zero-order valence-corrected chi connectivity index (χ0v) is 14.2. The molecule has 0 aromatic heterocycles. The van der Waals surface area contributed by atoms with Gasteiger partial charge in [0.1, 0.15) is 11.6 Å². The maximum Gasteiger partial charge on any atom is 0.250 e. The summed E-state index contributed by atoms with van der Waals surface area (Å²) in [5.41, 5.74) is 1.24. The summed E-state index contributed by atoms with van der Waals surface area (Å²) in [6.45, 7) is 0. The highest BCUT2D eigenvalue weighted by Gasteiger charge is 2.05. The minimum Gasteiger partial charge on any atom is -0.496 e. The van der Waals surface area contributed by atoms with E-state index in [-0.39, 0.29) is 10.1 Å². The Hall–Kier alpha value is -2.44. The molecule has 0 aliphatic rings. The average molecular weight is 365 g/mol. The van der Waals surface area contributed by atoms with E-state index in [1.807, 2.05) is 18.2 Å². The molecule has 2 aromatic rings. The standard InChI is InChI=1S/C17H14ClFN2O2S/c1-23-15-5-3-2-4-11(15)6-9-16(22)21-17(24)20-12-7-8-14(19)13(18)10-12/h2-10H,1H3,(H2,20,21,22,24). The lowest BCUT2D eigenvalue weighted by Gasteiger charge is -2.08. The molecule has 24 heavy (non-hydrogen) atoms. The topological polar surface area (TPSA) is 50.4 Å². The minimum atomic E-state index is -0.531. The second kappa shape index (κ2) is 8.42. The fourth-order valence-corrected chi connectivity index (χ4v) is 2.26. The van der Waals surface area contributed by atoms with Gasteiger partial charge < -0.3 is 10.1 Å². The minimum absolute atomic E-state index is 0.0369. The summed E-state index contributed by atoms with van der Waals surface area (Å²) >= 11 is 10.7. The lowest BCUT2D eigenvalue weighted by Crippen LogP contribution is -2.32. The van der Waals surface area contributed by atoms with Gasteiger partial charge in [-0.3, -0.25) is 10.1 Å². The van der Waals surface area contributed by atoms with Gasteiger partial charge in [-0.2, -0.15) is 0 Å². The summed E-state index contributed by atoms with van der Waals surface area (Å²) < 4.78 is 18.3. The highest BCUT2D eigenvalue weighted by Crippen LogP contribution is 2.19. The molecular weight excluding hydrogens is 351 g/mol. The third kappa shape index (κ3) is 5.04. The number of thiocarbonyl (C=S) groups is 1. The van der Waals surface area contributed by atoms with E-state index in [2.05, 4.69) is 10.6 Å². The van der Waals surface area contributed by atoms with Crippen LogP contribution in [0.4, 0.5) is 10.1 Å². The van der Waals surface area contributed by atoms with Gasteiger partial charge in [0, 0.05) is 17.3 Å². The molecule has 0 bridgehead atoms. The molecule has 124 valence electrons. The van der Waals surface area contributed by atoms with E-state index in [1.165, 1.54) is 24.3 Å². The van der Waals surface area contributed by atoms with E-state index in [9.17, 15) is 9.18 Å². The number of carbonyl (C=O) groups excluding carboxylic acids is 1. The van der Waals surface area contributed by atoms with Crippen LogP contribution in [0.25, 0.3) is 6.08 Å². The molecule has 2 aromatic carbocycles. The van der Waals surface area contributed by atoms with Crippen LogP contribution in [-0.4, -0.2) is 18.1 Å². The number of halogens is 2. The van der Waals surface area contributed by atoms with Crippen molar-refractivity contribution in [2.45, 2.75) is 0 Å². The van der Waals surface area contributed by atoms with Crippen molar-refractivity contribution in [3.63, 3.8) is 0 Å². The summed E-state index contributed by atoms with van der Waals surface area (Å²) in [5, 5.41) is 5.28. The van der Waals surface area contributed by atoms with Crippen molar-refractivity contribution in [1.82, 2.24) is 5.32 Å². The molecule has 4 nitrogen and oxygen atoms in total. The summed E-state index contributed by atoms with van der Waals surface area (Å²) in [6, 6.07) is 11.3. The molecule has 0 fully saturated rings. The van der Waals surface area contributed by atoms with Gasteiger partial charge in [-0.25, -0.2) is 4.39 Å². The third-order valence-corrected chi connectivity index (χ3v) is 3.46. The van der Waals surface area contributed by atoms with Crippen LogP contribution in [0.1, 0.15) is 5.56 Å². The number of rotatable bonds is 4. The van der Waals surface area contributed by atoms with Crippen molar-refractivity contribution < 1.29 is 13.9 Å². The molecule has 0 radical (unpaired) electrons. The largest absolute Gasteiger partial charge is 0.496 e. The van der Waals surface area contributed by atoms with Crippen molar-refractivity contribution in [3.05, 3.63) is 64.9 Å². The third-order valence-electron chi connectivity index (χ3n) is 2.97. The first kappa shape index (κ1) is 17.9. The first-order chi connectivity index (χ1) is 11.5. The molecule has 0 spiro atoms. The quantitative estimate of drug-likeness (QED) is 0.635. The molecular formula is C17H14ClFN2O2S. The van der Waals surface area contributed by atoms with Crippen LogP contribution in [0.15, 0.2) is 48.5 Å². The smallest absolute Gasteiger partial charge is 0.250 e. The maximum absolute atomic E-state index is 13.1. The molecule has 7 heteroatoms. The fourth-order valence-electron chi connectivity index (χ4n) is 1.86. The molecule has 0 aliphatic heterocycles. The lowest BCUT2D eigenvalue weighted by molar-refractivity contribution is -0.115. The van der Waals surface area contributed by atoms with Crippen molar-refractivity contribution in [1.29, 1.82) is 0 Å². The van der Waals surface area contributed by atoms with Gasteiger partial charge in [0.2, 0.25) is 5.91 Å². The molecule has 0 saturated carbocycles. The Bertz CT molecular complexity index is 796. The van der Waals surface area contributed by atoms with Gasteiger partial charge in [0.15, 0.2) is 5.11 Å². The molecule has 0 heterocycles. The predicted molar refractivity (Wildman–Crippen MR) is 97.8 cm³/mol. The Kier molecular flexibility index (Phi) is 6.28. The van der Waals surface area contributed by atoms with Crippen molar-refractivity contribution >= 4 is 46.6 Å². The Balaban J connectivity index is 1.95. The van der Waals surface area contributed by atoms with E-state index in [0.29, 0.717) is 11.4 Å². The second-order valence-electron chi connectivity index (χ2n) is 4.65. The zero-order valence-electron chi connectivity index (χ0n) is 12.7. The van der Waals surface area contributed by atoms with E-state index >= 15 is 0 Å². The molecule has 0 aliphatic carbocycles. The Morgan fingerprint density at radius 2 is 2.04 bits per heavy atom. The van der Waals surface area contributed by atoms with Crippen LogP contribution < -0.4 is 15.4 Å². The number of amides is 1. The van der Waals surface area contributed by atoms with Crippen molar-refractivity contribution in [2.24, 2.45) is 0 Å². The SMILES string of the molecule is COc1ccccc1C=CC(=O)NC(=S)Nc1ccc(F)c(Cl)c1. The van der Waals surface area contributed by atoms with Crippen molar-refractivity contribution in [3.8, 4) is 5.75 Å². The predicted octanol–water partition coefficient (Wildman–Crippen LogP) is 4.01. The first-order valence-electron chi connectivity index (χ1n) is 6.87. The van der Waals surface area contributed by atoms with E-state index in [0.717, 1.165) is 5.56 Å². The number of hydrogen-bond donors (Lipinski definition) is 2. The highest BCUT2D eigenvalue weighted by molar-refractivity contribution is 7.80. The van der Waals surface area contributed by atoms with Crippen LogP contribution in [0.5, 0.6) is 5.75 Å². The summed E-state index contributed by atoms with van der Waals surface area (Å²) in [7, 11) is 1.56. The Labute approximate surface area is 149 Å². The van der Waals surface area contributed by atoms with Crippen LogP contribution in [-0.2, 0) is 4.79 Å². The van der Waals surface area contributed by atoms with Gasteiger partial charge in [0.25, 0.3) is 0 Å². The Morgan fingerprint density at radius 1 is 1.29 bits per heavy atom. The van der Waals surface area contributed by atoms with E-state index < -0.39 is 11.7 Å². The maximum atomic E-state index is 13.1. The first-order valence-corrected chi connectivity index (χ1v) is 7.66. The summed E-state index contributed by atoms with van der Waals surface area (Å²) in [6.07, 6.45) is 2.95. The monoisotopic (exact) mass is 364 g/mol. The van der Waals surface area contributed by atoms with Crippen LogP contribution in [0.2, 0.25) is 5.02 Å². The number of ether oxygens (including phenoxy) is 1. The van der Waals surface area contributed by atoms with Gasteiger partial charge in [-0.15, -0.1) is 0 Å². The van der Waals surface area contributed by atoms with Crippen molar-refractivity contribution in [2.75, 3.05) is 12.4 Å². The highest BCUT2D eigenvalue weighted by atomic mass is 35.5. The number of nitrogens with one attached hydrogen (secondary N) is 2. The number of hydrogen-bond acceptors (Lipinski definition) is 3. The van der Waals surface area contributed by atoms with Gasteiger partial charge in [-0.05, 0) is 42.6 Å². The molecule has 2 N–H and O–H groups in total.